The summed E-state index contributed by atoms with van der Waals surface area (Å²) in [5.41, 5.74) is 4.20. The quantitative estimate of drug-likeness (QED) is 0.408. The monoisotopic (exact) mass is 373 g/mol. The van der Waals surface area contributed by atoms with Crippen LogP contribution in [0.4, 0.5) is 0 Å². The normalized spacial score (nSPS) is 10.8. The highest BCUT2D eigenvalue weighted by molar-refractivity contribution is 5.83. The van der Waals surface area contributed by atoms with E-state index in [4.69, 9.17) is 13.9 Å². The van der Waals surface area contributed by atoms with Gasteiger partial charge in [-0.15, -0.1) is 0 Å². The van der Waals surface area contributed by atoms with Crippen molar-refractivity contribution in [3.05, 3.63) is 72.9 Å². The molecule has 0 spiro atoms. The van der Waals surface area contributed by atoms with Gasteiger partial charge in [0, 0.05) is 23.9 Å². The lowest BCUT2D eigenvalue weighted by Gasteiger charge is -2.06. The van der Waals surface area contributed by atoms with Gasteiger partial charge in [-0.05, 0) is 67.1 Å². The summed E-state index contributed by atoms with van der Waals surface area (Å²) in [4.78, 5) is 0. The molecule has 0 saturated carbocycles. The van der Waals surface area contributed by atoms with Crippen LogP contribution in [0.2, 0.25) is 0 Å². The van der Waals surface area contributed by atoms with Crippen molar-refractivity contribution < 1.29 is 13.9 Å². The average Bonchev–Trinajstić information content (AvgIpc) is 3.40. The molecule has 4 rings (SSSR count). The van der Waals surface area contributed by atoms with E-state index in [0.29, 0.717) is 0 Å². The molecule has 0 radical (unpaired) electrons. The Morgan fingerprint density at radius 1 is 0.821 bits per heavy atom. The molecule has 0 saturated heterocycles. The van der Waals surface area contributed by atoms with Gasteiger partial charge in [-0.2, -0.15) is 0 Å². The molecule has 142 valence electrons. The van der Waals surface area contributed by atoms with E-state index in [0.717, 1.165) is 51.9 Å². The van der Waals surface area contributed by atoms with Gasteiger partial charge in [-0.1, -0.05) is 12.1 Å². The van der Waals surface area contributed by atoms with Crippen LogP contribution >= 0.6 is 0 Å². The zero-order valence-electron chi connectivity index (χ0n) is 16.3. The summed E-state index contributed by atoms with van der Waals surface area (Å²) in [5, 5.41) is 0. The topological polar surface area (TPSA) is 36.5 Å². The van der Waals surface area contributed by atoms with E-state index >= 15 is 0 Å². The molecule has 28 heavy (non-hydrogen) atoms. The molecule has 0 aliphatic rings. The van der Waals surface area contributed by atoms with Crippen LogP contribution in [0.1, 0.15) is 6.92 Å². The minimum absolute atomic E-state index is 0.821. The summed E-state index contributed by atoms with van der Waals surface area (Å²) in [6, 6.07) is 22.2. The molecule has 0 fully saturated rings. The molecule has 4 heteroatoms. The molecular weight excluding hydrogens is 350 g/mol. The lowest BCUT2D eigenvalue weighted by Crippen LogP contribution is -1.93. The fourth-order valence-corrected chi connectivity index (χ4v) is 3.37. The Kier molecular flexibility index (Phi) is 4.94. The molecule has 0 aliphatic heterocycles. The minimum atomic E-state index is 0.821. The predicted molar refractivity (Wildman–Crippen MR) is 112 cm³/mol. The Balaban J connectivity index is 1.86. The summed E-state index contributed by atoms with van der Waals surface area (Å²) in [6.07, 6.45) is 2.07. The number of hydrogen-bond acceptors (Lipinski definition) is 3. The molecule has 2 aromatic carbocycles. The number of aromatic nitrogens is 1. The molecular formula is C24H23NO3. The average molecular weight is 373 g/mol. The molecule has 0 atom stereocenters. The Bertz CT molecular complexity index is 991. The van der Waals surface area contributed by atoms with E-state index in [9.17, 15) is 0 Å². The first-order valence-electron chi connectivity index (χ1n) is 9.31. The standard InChI is InChI=1S/C24H23NO3/c1-4-25-15-5-6-22(25)23-16-21(17-7-11-19(26-2)12-8-17)24(28-23)18-9-13-20(27-3)14-10-18/h5-16H,4H2,1-3H3. The van der Waals surface area contributed by atoms with Crippen LogP contribution in [-0.4, -0.2) is 18.8 Å². The van der Waals surface area contributed by atoms with Crippen LogP contribution in [0.25, 0.3) is 33.9 Å². The maximum Gasteiger partial charge on any atom is 0.151 e. The van der Waals surface area contributed by atoms with Gasteiger partial charge in [-0.3, -0.25) is 0 Å². The number of ether oxygens (including phenoxy) is 2. The van der Waals surface area contributed by atoms with Gasteiger partial charge in [0.25, 0.3) is 0 Å². The van der Waals surface area contributed by atoms with E-state index in [2.05, 4.69) is 42.0 Å². The van der Waals surface area contributed by atoms with E-state index in [1.165, 1.54) is 0 Å². The molecule has 0 unspecified atom stereocenters. The zero-order chi connectivity index (χ0) is 19.5. The highest BCUT2D eigenvalue weighted by Gasteiger charge is 2.18. The summed E-state index contributed by atoms with van der Waals surface area (Å²) < 4.78 is 19.1. The molecule has 4 aromatic rings. The van der Waals surface area contributed by atoms with Crippen LogP contribution in [0, 0.1) is 0 Å². The molecule has 2 heterocycles. The van der Waals surface area contributed by atoms with E-state index in [1.54, 1.807) is 14.2 Å². The predicted octanol–water partition coefficient (Wildman–Crippen LogP) is 6.12. The molecule has 4 nitrogen and oxygen atoms in total. The number of hydrogen-bond donors (Lipinski definition) is 0. The zero-order valence-corrected chi connectivity index (χ0v) is 16.3. The van der Waals surface area contributed by atoms with Gasteiger partial charge in [0.15, 0.2) is 5.76 Å². The van der Waals surface area contributed by atoms with Crippen LogP contribution < -0.4 is 9.47 Å². The smallest absolute Gasteiger partial charge is 0.151 e. The summed E-state index contributed by atoms with van der Waals surface area (Å²) >= 11 is 0. The third-order valence-corrected chi connectivity index (χ3v) is 4.91. The second kappa shape index (κ2) is 7.69. The largest absolute Gasteiger partial charge is 0.497 e. The Morgan fingerprint density at radius 2 is 1.43 bits per heavy atom. The highest BCUT2D eigenvalue weighted by Crippen LogP contribution is 2.39. The Morgan fingerprint density at radius 3 is 2.00 bits per heavy atom. The van der Waals surface area contributed by atoms with Crippen LogP contribution in [0.5, 0.6) is 11.5 Å². The fraction of sp³-hybridized carbons (Fsp3) is 0.167. The van der Waals surface area contributed by atoms with Crippen molar-refractivity contribution in [2.75, 3.05) is 14.2 Å². The second-order valence-corrected chi connectivity index (χ2v) is 6.49. The first kappa shape index (κ1) is 18.0. The van der Waals surface area contributed by atoms with Gasteiger partial charge in [-0.25, -0.2) is 0 Å². The molecule has 0 aliphatic carbocycles. The Labute approximate surface area is 165 Å². The van der Waals surface area contributed by atoms with Gasteiger partial charge in [0.05, 0.1) is 19.9 Å². The van der Waals surface area contributed by atoms with Crippen molar-refractivity contribution >= 4 is 0 Å². The number of aryl methyl sites for hydroxylation is 1. The molecule has 0 bridgehead atoms. The van der Waals surface area contributed by atoms with Gasteiger partial charge in [0.2, 0.25) is 0 Å². The van der Waals surface area contributed by atoms with Crippen LogP contribution in [-0.2, 0) is 6.54 Å². The summed E-state index contributed by atoms with van der Waals surface area (Å²) in [6.45, 7) is 3.01. The van der Waals surface area contributed by atoms with Crippen molar-refractivity contribution in [3.63, 3.8) is 0 Å². The number of benzene rings is 2. The second-order valence-electron chi connectivity index (χ2n) is 6.49. The van der Waals surface area contributed by atoms with E-state index in [-0.39, 0.29) is 0 Å². The van der Waals surface area contributed by atoms with Gasteiger partial charge < -0.3 is 18.5 Å². The summed E-state index contributed by atoms with van der Waals surface area (Å²) in [5.74, 6) is 3.34. The number of rotatable bonds is 6. The first-order valence-corrected chi connectivity index (χ1v) is 9.31. The van der Waals surface area contributed by atoms with Gasteiger partial charge >= 0.3 is 0 Å². The van der Waals surface area contributed by atoms with Crippen LogP contribution in [0.3, 0.4) is 0 Å². The third kappa shape index (κ3) is 3.29. The fourth-order valence-electron chi connectivity index (χ4n) is 3.37. The highest BCUT2D eigenvalue weighted by atomic mass is 16.5. The van der Waals surface area contributed by atoms with Crippen molar-refractivity contribution in [1.29, 1.82) is 0 Å². The van der Waals surface area contributed by atoms with Crippen molar-refractivity contribution in [3.8, 4) is 45.4 Å². The van der Waals surface area contributed by atoms with Crippen LogP contribution in [0.15, 0.2) is 77.3 Å². The summed E-state index contributed by atoms with van der Waals surface area (Å²) in [7, 11) is 3.34. The van der Waals surface area contributed by atoms with E-state index in [1.807, 2.05) is 42.5 Å². The van der Waals surface area contributed by atoms with Crippen molar-refractivity contribution in [1.82, 2.24) is 4.57 Å². The molecule has 2 aromatic heterocycles. The number of methoxy groups -OCH3 is 2. The number of nitrogens with zero attached hydrogens (tertiary/aromatic N) is 1. The van der Waals surface area contributed by atoms with Gasteiger partial charge in [0.1, 0.15) is 17.3 Å². The maximum atomic E-state index is 6.38. The lowest BCUT2D eigenvalue weighted by atomic mass is 10.0. The maximum absolute atomic E-state index is 6.38. The first-order chi connectivity index (χ1) is 13.7. The minimum Gasteiger partial charge on any atom is -0.497 e. The van der Waals surface area contributed by atoms with Crippen molar-refractivity contribution in [2.24, 2.45) is 0 Å². The van der Waals surface area contributed by atoms with Crippen molar-refractivity contribution in [2.45, 2.75) is 13.5 Å². The lowest BCUT2D eigenvalue weighted by molar-refractivity contribution is 0.414. The third-order valence-electron chi connectivity index (χ3n) is 4.91. The number of furan rings is 1. The molecule has 0 N–H and O–H groups in total. The molecule has 0 amide bonds. The Hall–Kier alpha value is -3.40. The van der Waals surface area contributed by atoms with E-state index < -0.39 is 0 Å². The SMILES string of the molecule is CCn1cccc1-c1cc(-c2ccc(OC)cc2)c(-c2ccc(OC)cc2)o1.